The molecule has 9 nitrogen and oxygen atoms in total. The van der Waals surface area contributed by atoms with Crippen molar-refractivity contribution >= 4 is 11.6 Å². The van der Waals surface area contributed by atoms with Crippen molar-refractivity contribution < 1.29 is 24.6 Å². The third-order valence-electron chi connectivity index (χ3n) is 3.57. The predicted octanol–water partition coefficient (Wildman–Crippen LogP) is 3.92. The molecule has 9 heteroatoms. The number of nitrogens with zero attached hydrogens (tertiary/aromatic N) is 2. The van der Waals surface area contributed by atoms with Gasteiger partial charge in [-0.05, 0) is 30.9 Å². The molecular weight excluding hydrogens is 354 g/mol. The third kappa shape index (κ3) is 9.43. The Bertz CT molecular complexity index is 594. The molecule has 27 heavy (non-hydrogen) atoms. The molecule has 1 unspecified atom stereocenters. The van der Waals surface area contributed by atoms with Gasteiger partial charge in [0.25, 0.3) is 5.69 Å². The fraction of sp³-hybridized carbons (Fsp3) is 0.611. The van der Waals surface area contributed by atoms with Crippen LogP contribution in [0, 0.1) is 16.0 Å². The second kappa shape index (κ2) is 13.2. The Morgan fingerprint density at radius 3 is 2.48 bits per heavy atom. The second-order valence-corrected chi connectivity index (χ2v) is 6.03. The van der Waals surface area contributed by atoms with E-state index in [9.17, 15) is 20.1 Å². The van der Waals surface area contributed by atoms with Crippen LogP contribution in [0.25, 0.3) is 0 Å². The maximum absolute atomic E-state index is 11.8. The first-order valence-corrected chi connectivity index (χ1v) is 8.98. The van der Waals surface area contributed by atoms with Gasteiger partial charge < -0.3 is 5.32 Å². The lowest BCUT2D eigenvalue weighted by molar-refractivity contribution is -0.514. The molecular formula is C18H31N3O6. The number of hydrogen-bond donors (Lipinski definition) is 2. The maximum Gasteiger partial charge on any atom is 0.275 e. The van der Waals surface area contributed by atoms with Gasteiger partial charge in [0, 0.05) is 19.0 Å². The number of benzene rings is 1. The van der Waals surface area contributed by atoms with Gasteiger partial charge in [-0.3, -0.25) is 25.0 Å². The molecule has 1 aromatic rings. The van der Waals surface area contributed by atoms with Crippen molar-refractivity contribution in [3.8, 4) is 0 Å². The number of nitro benzene ring substituents is 1. The van der Waals surface area contributed by atoms with Gasteiger partial charge in [-0.2, -0.15) is 0 Å². The van der Waals surface area contributed by atoms with Crippen molar-refractivity contribution in [1.82, 2.24) is 10.7 Å². The molecule has 2 N–H and O–H groups in total. The van der Waals surface area contributed by atoms with Gasteiger partial charge in [0.1, 0.15) is 6.10 Å². The minimum Gasteiger partial charge on any atom is -0.352 e. The van der Waals surface area contributed by atoms with Gasteiger partial charge in [-0.15, -0.1) is 0 Å². The number of carbonyl (C=O) groups excluding carboxylic acids is 1. The van der Waals surface area contributed by atoms with Crippen molar-refractivity contribution in [1.29, 1.82) is 0 Å². The molecule has 0 saturated heterocycles. The Balaban J connectivity index is 0.00000326. The van der Waals surface area contributed by atoms with E-state index in [1.54, 1.807) is 12.1 Å². The topological polar surface area (TPSA) is 114 Å². The molecule has 0 saturated carbocycles. The van der Waals surface area contributed by atoms with E-state index in [1.165, 1.54) is 20.1 Å². The molecule has 0 heterocycles. The van der Waals surface area contributed by atoms with E-state index in [0.717, 1.165) is 6.42 Å². The molecule has 0 fully saturated rings. The van der Waals surface area contributed by atoms with Gasteiger partial charge in [-0.25, -0.2) is 4.84 Å². The van der Waals surface area contributed by atoms with Gasteiger partial charge >= 0.3 is 0 Å². The monoisotopic (exact) mass is 385 g/mol. The van der Waals surface area contributed by atoms with Crippen LogP contribution in [0.4, 0.5) is 5.69 Å². The number of rotatable bonds is 10. The Kier molecular flexibility index (Phi) is 12.1. The maximum atomic E-state index is 11.8. The fourth-order valence-electron chi connectivity index (χ4n) is 2.15. The Morgan fingerprint density at radius 1 is 1.33 bits per heavy atom. The summed E-state index contributed by atoms with van der Waals surface area (Å²) in [5, 5.41) is 23.3. The van der Waals surface area contributed by atoms with Gasteiger partial charge in [0.05, 0.1) is 23.0 Å². The molecule has 0 aliphatic heterocycles. The Labute approximate surface area is 160 Å². The molecule has 1 rings (SSSR count). The highest BCUT2D eigenvalue weighted by molar-refractivity contribution is 5.75. The summed E-state index contributed by atoms with van der Waals surface area (Å²) in [6, 6.07) is 4.48. The first-order chi connectivity index (χ1) is 12.7. The standard InChI is InChI=1S/C16H25N3O6.C2H6/c1-11(2)5-8-16(20)17-10-13-6-7-15(18(21)22)14(9-13)12(3)25-19(23)24-4;1-2/h6-7,9,11-12,23H,5,8,10H2,1-4H3,(H,17,20);1-2H3. The van der Waals surface area contributed by atoms with Crippen molar-refractivity contribution in [3.63, 3.8) is 0 Å². The highest BCUT2D eigenvalue weighted by Gasteiger charge is 2.22. The lowest BCUT2D eigenvalue weighted by atomic mass is 10.0. The highest BCUT2D eigenvalue weighted by atomic mass is 17.1. The van der Waals surface area contributed by atoms with Crippen LogP contribution in [0.5, 0.6) is 0 Å². The molecule has 0 aromatic heterocycles. The van der Waals surface area contributed by atoms with Crippen LogP contribution in [-0.4, -0.2) is 28.5 Å². The molecule has 154 valence electrons. The molecule has 1 atom stereocenters. The number of nitro groups is 1. The van der Waals surface area contributed by atoms with E-state index in [-0.39, 0.29) is 29.1 Å². The smallest absolute Gasteiger partial charge is 0.275 e. The fourth-order valence-corrected chi connectivity index (χ4v) is 2.15. The number of carbonyl (C=O) groups is 1. The molecule has 0 bridgehead atoms. The number of nitrogens with one attached hydrogen (secondary N) is 1. The quantitative estimate of drug-likeness (QED) is 0.463. The third-order valence-corrected chi connectivity index (χ3v) is 3.57. The zero-order chi connectivity index (χ0) is 21.0. The van der Waals surface area contributed by atoms with E-state index in [1.807, 2.05) is 27.7 Å². The van der Waals surface area contributed by atoms with Crippen molar-refractivity contribution in [2.24, 2.45) is 5.92 Å². The Hall–Kier alpha value is -2.07. The van der Waals surface area contributed by atoms with E-state index in [2.05, 4.69) is 10.2 Å². The van der Waals surface area contributed by atoms with Gasteiger partial charge in [-0.1, -0.05) is 33.8 Å². The summed E-state index contributed by atoms with van der Waals surface area (Å²) in [5.41, 5.74) is 0.803. The minimum absolute atomic E-state index is 0.0705. The molecule has 0 aliphatic rings. The Morgan fingerprint density at radius 2 is 1.96 bits per heavy atom. The summed E-state index contributed by atoms with van der Waals surface area (Å²) < 4.78 is 0. The summed E-state index contributed by atoms with van der Waals surface area (Å²) in [7, 11) is 1.18. The van der Waals surface area contributed by atoms with Crippen LogP contribution in [0.3, 0.4) is 0 Å². The van der Waals surface area contributed by atoms with E-state index in [0.29, 0.717) is 17.9 Å². The molecule has 1 amide bonds. The summed E-state index contributed by atoms with van der Waals surface area (Å²) in [4.78, 5) is 31.9. The lowest BCUT2D eigenvalue weighted by Gasteiger charge is -2.18. The summed E-state index contributed by atoms with van der Waals surface area (Å²) >= 11 is 0. The SMILES string of the molecule is CC.CON(O)OC(C)c1cc(CNC(=O)CCC(C)C)ccc1[N+](=O)[O-]. The average molecular weight is 385 g/mol. The molecule has 0 aliphatic carbocycles. The van der Waals surface area contributed by atoms with E-state index < -0.39 is 11.0 Å². The second-order valence-electron chi connectivity index (χ2n) is 6.03. The van der Waals surface area contributed by atoms with E-state index >= 15 is 0 Å². The highest BCUT2D eigenvalue weighted by Crippen LogP contribution is 2.29. The van der Waals surface area contributed by atoms with Crippen molar-refractivity contribution in [2.75, 3.05) is 7.11 Å². The predicted molar refractivity (Wildman–Crippen MR) is 100 cm³/mol. The lowest BCUT2D eigenvalue weighted by Crippen LogP contribution is -2.23. The van der Waals surface area contributed by atoms with Crippen LogP contribution >= 0.6 is 0 Å². The summed E-state index contributed by atoms with van der Waals surface area (Å²) in [5.74, 6) is 0.371. The largest absolute Gasteiger partial charge is 0.352 e. The van der Waals surface area contributed by atoms with Gasteiger partial charge in [0.2, 0.25) is 5.91 Å². The normalized spacial score (nSPS) is 11.7. The number of amides is 1. The summed E-state index contributed by atoms with van der Waals surface area (Å²) in [6.45, 7) is 9.88. The van der Waals surface area contributed by atoms with E-state index in [4.69, 9.17) is 4.84 Å². The zero-order valence-corrected chi connectivity index (χ0v) is 16.9. The minimum atomic E-state index is -0.832. The van der Waals surface area contributed by atoms with Crippen LogP contribution < -0.4 is 5.32 Å². The molecule has 0 radical (unpaired) electrons. The van der Waals surface area contributed by atoms with Crippen LogP contribution in [-0.2, 0) is 21.0 Å². The first-order valence-electron chi connectivity index (χ1n) is 8.98. The van der Waals surface area contributed by atoms with Crippen LogP contribution in [0.2, 0.25) is 0 Å². The zero-order valence-electron chi connectivity index (χ0n) is 16.9. The average Bonchev–Trinajstić information content (AvgIpc) is 2.65. The van der Waals surface area contributed by atoms with Gasteiger partial charge in [0.15, 0.2) is 0 Å². The van der Waals surface area contributed by atoms with Crippen LogP contribution in [0.1, 0.15) is 64.7 Å². The van der Waals surface area contributed by atoms with Crippen molar-refractivity contribution in [3.05, 3.63) is 39.4 Å². The number of hydrogen-bond acceptors (Lipinski definition) is 7. The molecule has 1 aromatic carbocycles. The summed E-state index contributed by atoms with van der Waals surface area (Å²) in [6.07, 6.45) is 0.401. The van der Waals surface area contributed by atoms with Crippen LogP contribution in [0.15, 0.2) is 18.2 Å². The van der Waals surface area contributed by atoms with Crippen molar-refractivity contribution in [2.45, 2.75) is 60.1 Å². The molecule has 0 spiro atoms. The first kappa shape index (κ1) is 24.9.